The van der Waals surface area contributed by atoms with Gasteiger partial charge in [-0.1, -0.05) is 59.6 Å². The molecule has 0 aromatic heterocycles. The highest BCUT2D eigenvalue weighted by molar-refractivity contribution is 6.34. The number of para-hydroxylation sites is 2. The van der Waals surface area contributed by atoms with Crippen LogP contribution in [0.25, 0.3) is 0 Å². The fourth-order valence-electron chi connectivity index (χ4n) is 15.0. The normalized spacial score (nSPS) is 26.2. The van der Waals surface area contributed by atoms with Gasteiger partial charge in [-0.15, -0.1) is 0 Å². The van der Waals surface area contributed by atoms with Crippen molar-refractivity contribution in [1.29, 1.82) is 0 Å². The zero-order chi connectivity index (χ0) is 66.5. The van der Waals surface area contributed by atoms with Gasteiger partial charge in [-0.25, -0.2) is 8.78 Å². The predicted octanol–water partition coefficient (Wildman–Crippen LogP) is 8.79. The molecule has 0 bridgehead atoms. The van der Waals surface area contributed by atoms with Crippen molar-refractivity contribution in [3.05, 3.63) is 117 Å². The predicted molar refractivity (Wildman–Crippen MR) is 353 cm³/mol. The molecule has 6 heterocycles. The summed E-state index contributed by atoms with van der Waals surface area (Å²) in [6, 6.07) is 20.7. The van der Waals surface area contributed by atoms with E-state index in [0.717, 1.165) is 87.2 Å². The summed E-state index contributed by atoms with van der Waals surface area (Å²) in [6.45, 7) is 8.22. The van der Waals surface area contributed by atoms with Crippen LogP contribution in [0.1, 0.15) is 105 Å². The van der Waals surface area contributed by atoms with Crippen LogP contribution in [0.2, 0.25) is 10.0 Å². The number of ether oxygens (including phenoxy) is 5. The van der Waals surface area contributed by atoms with Crippen LogP contribution < -0.4 is 20.4 Å². The number of carbonyl (C=O) groups excluding carboxylic acids is 5. The Kier molecular flexibility index (Phi) is 22.5. The first-order chi connectivity index (χ1) is 45.2. The van der Waals surface area contributed by atoms with E-state index in [2.05, 4.69) is 20.4 Å². The first-order valence-corrected chi connectivity index (χ1v) is 33.9. The number of aliphatic carboxylic acids is 1. The third kappa shape index (κ3) is 15.8. The van der Waals surface area contributed by atoms with E-state index >= 15 is 8.78 Å². The highest BCUT2D eigenvalue weighted by Crippen LogP contribution is 2.40. The molecule has 12 rings (SSSR count). The molecule has 8 aliphatic rings. The lowest BCUT2D eigenvalue weighted by Gasteiger charge is -2.42. The number of nitrogens with zero attached hydrogens (tertiary/aromatic N) is 6. The van der Waals surface area contributed by atoms with E-state index in [1.54, 1.807) is 19.1 Å². The number of nitrogens with one attached hydrogen (secondary N) is 2. The number of benzene rings is 4. The summed E-state index contributed by atoms with van der Waals surface area (Å²) >= 11 is 13.1. The van der Waals surface area contributed by atoms with Crippen molar-refractivity contribution in [2.45, 2.75) is 144 Å². The Morgan fingerprint density at radius 3 is 1.35 bits per heavy atom. The van der Waals surface area contributed by atoms with Gasteiger partial charge in [0.25, 0.3) is 0 Å². The molecule has 4 aromatic rings. The van der Waals surface area contributed by atoms with E-state index in [9.17, 15) is 33.9 Å². The molecule has 0 radical (unpaired) electrons. The van der Waals surface area contributed by atoms with Gasteiger partial charge in [0, 0.05) is 104 Å². The van der Waals surface area contributed by atoms with Crippen molar-refractivity contribution in [2.75, 3.05) is 121 Å². The summed E-state index contributed by atoms with van der Waals surface area (Å²) in [5.41, 5.74) is 4.49. The summed E-state index contributed by atoms with van der Waals surface area (Å²) < 4.78 is 59.7. The van der Waals surface area contributed by atoms with E-state index in [-0.39, 0.29) is 135 Å². The van der Waals surface area contributed by atoms with Crippen LogP contribution in [0.4, 0.5) is 31.5 Å². The molecule has 24 heteroatoms. The van der Waals surface area contributed by atoms with E-state index in [1.807, 2.05) is 84.2 Å². The average Bonchev–Trinajstić information content (AvgIpc) is 1.64. The highest BCUT2D eigenvalue weighted by atomic mass is 35.5. The van der Waals surface area contributed by atoms with Gasteiger partial charge in [0.2, 0.25) is 23.6 Å². The third-order valence-electron chi connectivity index (χ3n) is 20.7. The molecule has 6 atom stereocenters. The Morgan fingerprint density at radius 2 is 0.957 bits per heavy atom. The van der Waals surface area contributed by atoms with Gasteiger partial charge in [-0.3, -0.25) is 38.6 Å². The fraction of sp³-hybridized carbons (Fsp3) is 0.571. The van der Waals surface area contributed by atoms with Gasteiger partial charge in [0.15, 0.2) is 0 Å². The van der Waals surface area contributed by atoms with Crippen LogP contribution in [0.15, 0.2) is 72.8 Å². The molecule has 4 amide bonds. The minimum absolute atomic E-state index is 0.0191. The number of carboxylic acids is 1. The molecule has 2 aliphatic carbocycles. The maximum atomic E-state index is 15.5. The Labute approximate surface area is 558 Å². The number of esters is 1. The number of likely N-dealkylation sites (N-methyl/N-ethyl adjacent to an activating group) is 2. The van der Waals surface area contributed by atoms with Crippen LogP contribution in [0, 0.1) is 23.5 Å². The Balaban J connectivity index is 0.000000192. The number of hydrogen-bond acceptors (Lipinski definition) is 15. The van der Waals surface area contributed by atoms with E-state index in [4.69, 9.17) is 46.9 Å². The lowest BCUT2D eigenvalue weighted by atomic mass is 9.87. The topological polar surface area (TPSA) is 212 Å². The number of carboxylic acid groups (broad SMARTS) is 1. The van der Waals surface area contributed by atoms with Crippen molar-refractivity contribution in [3.63, 3.8) is 0 Å². The summed E-state index contributed by atoms with van der Waals surface area (Å²) in [5, 5.41) is 15.3. The molecule has 6 aliphatic heterocycles. The van der Waals surface area contributed by atoms with Crippen LogP contribution in [-0.2, 0) is 65.3 Å². The second-order valence-corrected chi connectivity index (χ2v) is 27.5. The molecule has 3 N–H and O–H groups in total. The number of amides is 4. The van der Waals surface area contributed by atoms with Gasteiger partial charge in [-0.2, -0.15) is 0 Å². The minimum atomic E-state index is -0.757. The SMILES string of the molecule is CCOC(=O)C1CCC(OC[C@@H]2C[C@H](N3CC(OC)C3)CN2C(=O)Cc2cc(Cl)c(NC(=O)C3CN(C)c4ccccc43)cc2F)CC1.COC1CN([C@H]2C[C@@H](COC3CCC(C(=O)O)CC3)N(C(=O)Cc3cc(Cl)c(NC(=O)C4CN(C)c5ccccc54)cc3F)C2)C1. The molecule has 4 saturated heterocycles. The standard InChI is InChI=1S/C36H46ClFN4O6.C34H42ClFN4O6/c1-4-47-36(45)22-9-11-26(12-10-22)48-21-25-15-24(41-18-27(19-41)46-3)17-42(25)34(43)14-23-13-30(37)32(16-31(23)38)39-35(44)29-20-40(2)33-8-6-5-7-28(29)33;1-38-18-27(26-5-3-4-6-31(26)38)33(42)37-30-14-29(36)21(11-28(30)35)12-32(41)40-15-22(39-16-25(17-39)45-2)13-23(40)19-46-24-9-7-20(8-10-24)34(43)44/h5-8,13,16,22,24-27,29H,4,9-12,14-15,17-21H2,1-3H3,(H,39,44);3-6,11,14,20,22-25,27H,7-10,12-13,15-19H2,1-2H3,(H,37,42)(H,43,44)/t22?,24-,25-,26?,29?;20?,22-,23-,24?,27?/m00/s1. The molecule has 4 aromatic carbocycles. The first-order valence-electron chi connectivity index (χ1n) is 33.2. The first kappa shape index (κ1) is 68.9. The number of anilines is 4. The number of carbonyl (C=O) groups is 6. The third-order valence-corrected chi connectivity index (χ3v) is 21.3. The summed E-state index contributed by atoms with van der Waals surface area (Å²) in [5.74, 6) is -4.28. The Hall–Kier alpha value is -6.50. The lowest BCUT2D eigenvalue weighted by molar-refractivity contribution is -0.150. The average molecular weight is 1340 g/mol. The van der Waals surface area contributed by atoms with Gasteiger partial charge in [0.1, 0.15) is 11.6 Å². The van der Waals surface area contributed by atoms with E-state index in [1.165, 1.54) is 24.3 Å². The van der Waals surface area contributed by atoms with Crippen molar-refractivity contribution in [2.24, 2.45) is 11.8 Å². The fourth-order valence-corrected chi connectivity index (χ4v) is 15.5. The molecule has 94 heavy (non-hydrogen) atoms. The molecule has 20 nitrogen and oxygen atoms in total. The molecule has 2 saturated carbocycles. The largest absolute Gasteiger partial charge is 0.481 e. The number of likely N-dealkylation sites (tertiary alicyclic amines) is 4. The van der Waals surface area contributed by atoms with Crippen LogP contribution in [0.3, 0.4) is 0 Å². The van der Waals surface area contributed by atoms with Crippen LogP contribution in [-0.4, -0.2) is 209 Å². The second-order valence-electron chi connectivity index (χ2n) is 26.7. The minimum Gasteiger partial charge on any atom is -0.481 e. The summed E-state index contributed by atoms with van der Waals surface area (Å²) in [4.78, 5) is 89.7. The smallest absolute Gasteiger partial charge is 0.308 e. The molecule has 6 fully saturated rings. The van der Waals surface area contributed by atoms with Gasteiger partial charge >= 0.3 is 11.9 Å². The number of halogens is 4. The Bertz CT molecular complexity index is 3400. The quantitative estimate of drug-likeness (QED) is 0.0665. The number of rotatable bonds is 21. The maximum Gasteiger partial charge on any atom is 0.308 e. The zero-order valence-electron chi connectivity index (χ0n) is 54.3. The molecule has 508 valence electrons. The molecular weight excluding hydrogens is 1250 g/mol. The summed E-state index contributed by atoms with van der Waals surface area (Å²) in [6.07, 6.45) is 7.06. The molecule has 2 unspecified atom stereocenters. The summed E-state index contributed by atoms with van der Waals surface area (Å²) in [7, 11) is 7.27. The van der Waals surface area contributed by atoms with Crippen molar-refractivity contribution in [1.82, 2.24) is 19.6 Å². The lowest BCUT2D eigenvalue weighted by Crippen LogP contribution is -2.56. The molecular formula is C70H88Cl2F2N8O12. The van der Waals surface area contributed by atoms with Gasteiger partial charge in [-0.05, 0) is 130 Å². The Morgan fingerprint density at radius 1 is 0.553 bits per heavy atom. The number of methoxy groups -OCH3 is 2. The van der Waals surface area contributed by atoms with Crippen molar-refractivity contribution >= 4 is 81.5 Å². The molecule has 0 spiro atoms. The second kappa shape index (κ2) is 30.7. The maximum absolute atomic E-state index is 15.5. The van der Waals surface area contributed by atoms with Crippen LogP contribution in [0.5, 0.6) is 0 Å². The highest BCUT2D eigenvalue weighted by Gasteiger charge is 2.45. The van der Waals surface area contributed by atoms with Gasteiger partial charge in [0.05, 0.1) is 114 Å². The monoisotopic (exact) mass is 1340 g/mol. The number of fused-ring (bicyclic) bond motifs is 2. The number of hydrogen-bond donors (Lipinski definition) is 3. The van der Waals surface area contributed by atoms with Crippen LogP contribution >= 0.6 is 23.2 Å². The van der Waals surface area contributed by atoms with Crippen molar-refractivity contribution < 1.29 is 66.3 Å². The van der Waals surface area contributed by atoms with Gasteiger partial charge < -0.3 is 59.0 Å². The van der Waals surface area contributed by atoms with E-state index < -0.39 is 29.4 Å². The van der Waals surface area contributed by atoms with E-state index in [0.29, 0.717) is 71.7 Å². The van der Waals surface area contributed by atoms with Crippen molar-refractivity contribution in [3.8, 4) is 0 Å². The zero-order valence-corrected chi connectivity index (χ0v) is 55.8.